The summed E-state index contributed by atoms with van der Waals surface area (Å²) < 4.78 is 0. The van der Waals surface area contributed by atoms with Crippen molar-refractivity contribution in [2.75, 3.05) is 0 Å². The van der Waals surface area contributed by atoms with Crippen LogP contribution in [0.3, 0.4) is 0 Å². The van der Waals surface area contributed by atoms with E-state index in [0.29, 0.717) is 11.8 Å². The van der Waals surface area contributed by atoms with Crippen LogP contribution in [0.5, 0.6) is 0 Å². The van der Waals surface area contributed by atoms with Crippen LogP contribution in [0.4, 0.5) is 0 Å². The van der Waals surface area contributed by atoms with Gasteiger partial charge in [0.15, 0.2) is 12.4 Å². The summed E-state index contributed by atoms with van der Waals surface area (Å²) in [5.74, 6) is 1.14. The summed E-state index contributed by atoms with van der Waals surface area (Å²) in [6, 6.07) is 11.2. The second-order valence-electron chi connectivity index (χ2n) is 15.1. The zero-order chi connectivity index (χ0) is 33.3. The van der Waals surface area contributed by atoms with E-state index in [4.69, 9.17) is 9.98 Å². The molecule has 0 fully saturated rings. The molecule has 268 valence electrons. The molecule has 0 amide bonds. The Hall–Kier alpha value is -1.57. The van der Waals surface area contributed by atoms with Crippen molar-refractivity contribution in [1.82, 2.24) is 0 Å². The molecule has 2 heteroatoms. The number of nitrogens with zero attached hydrogens (tertiary/aromatic N) is 2. The van der Waals surface area contributed by atoms with Crippen LogP contribution in [0, 0.1) is 18.0 Å². The molecule has 1 heterocycles. The van der Waals surface area contributed by atoms with E-state index in [1.165, 1.54) is 205 Å². The summed E-state index contributed by atoms with van der Waals surface area (Å²) in [6.07, 6.45) is 50.0. The Morgan fingerprint density at radius 2 is 0.766 bits per heavy atom. The average Bonchev–Trinajstić information content (AvgIpc) is 3.63. The first-order valence-corrected chi connectivity index (χ1v) is 21.3. The van der Waals surface area contributed by atoms with Crippen LogP contribution >= 0.6 is 0 Å². The summed E-state index contributed by atoms with van der Waals surface area (Å²) in [6.45, 7) is 4.61. The molecule has 1 aliphatic rings. The van der Waals surface area contributed by atoms with Crippen molar-refractivity contribution in [3.05, 3.63) is 42.1 Å². The largest absolute Gasteiger partial charge is 0.244 e. The van der Waals surface area contributed by atoms with Crippen molar-refractivity contribution in [3.8, 4) is 0 Å². The molecule has 0 saturated carbocycles. The van der Waals surface area contributed by atoms with E-state index < -0.39 is 0 Å². The molecule has 2 unspecified atom stereocenters. The zero-order valence-corrected chi connectivity index (χ0v) is 31.7. The molecule has 2 rings (SSSR count). The predicted octanol–water partition coefficient (Wildman–Crippen LogP) is 15.2. The Morgan fingerprint density at radius 1 is 0.426 bits per heavy atom. The summed E-state index contributed by atoms with van der Waals surface area (Å²) in [4.78, 5) is 9.55. The highest BCUT2D eigenvalue weighted by Crippen LogP contribution is 2.37. The summed E-state index contributed by atoms with van der Waals surface area (Å²) >= 11 is 0. The number of rotatable bonds is 35. The monoisotopic (exact) mass is 648 g/mol. The zero-order valence-electron chi connectivity index (χ0n) is 31.7. The van der Waals surface area contributed by atoms with E-state index in [0.717, 1.165) is 12.6 Å². The lowest BCUT2D eigenvalue weighted by atomic mass is 9.78. The Morgan fingerprint density at radius 3 is 1.15 bits per heavy atom. The molecule has 0 aromatic heterocycles. The van der Waals surface area contributed by atoms with Gasteiger partial charge in [0.2, 0.25) is 6.17 Å². The highest BCUT2D eigenvalue weighted by atomic mass is 15.0. The van der Waals surface area contributed by atoms with E-state index >= 15 is 0 Å². The van der Waals surface area contributed by atoms with E-state index in [2.05, 4.69) is 44.2 Å². The van der Waals surface area contributed by atoms with Crippen molar-refractivity contribution in [2.24, 2.45) is 21.8 Å². The highest BCUT2D eigenvalue weighted by Gasteiger charge is 2.35. The van der Waals surface area contributed by atoms with Crippen LogP contribution < -0.4 is 0 Å². The maximum Gasteiger partial charge on any atom is 0.244 e. The number of benzene rings is 1. The molecule has 1 aliphatic heterocycles. The lowest BCUT2D eigenvalue weighted by Gasteiger charge is -2.26. The van der Waals surface area contributed by atoms with Gasteiger partial charge in [0, 0.05) is 0 Å². The van der Waals surface area contributed by atoms with Gasteiger partial charge in [-0.05, 0) is 30.7 Å². The molecule has 0 saturated heterocycles. The third kappa shape index (κ3) is 23.4. The fourth-order valence-electron chi connectivity index (χ4n) is 7.72. The number of aliphatic imine (C=N–C) groups is 2. The van der Waals surface area contributed by atoms with Gasteiger partial charge in [-0.1, -0.05) is 240 Å². The third-order valence-corrected chi connectivity index (χ3v) is 10.8. The minimum absolute atomic E-state index is 0.495. The Labute approximate surface area is 294 Å². The molecule has 0 bridgehead atoms. The van der Waals surface area contributed by atoms with Crippen molar-refractivity contribution in [1.29, 1.82) is 0 Å². The van der Waals surface area contributed by atoms with Crippen molar-refractivity contribution in [3.63, 3.8) is 0 Å². The SMILES string of the molecule is CCCCCCCCCCCCCCCCCCC(Cc1ccccc1)C(CCCCCCCCCCCCCCC)[C+]1N=CC=N1. The smallest absolute Gasteiger partial charge is 0.0965 e. The van der Waals surface area contributed by atoms with Crippen molar-refractivity contribution >= 4 is 12.4 Å². The predicted molar refractivity (Wildman–Crippen MR) is 212 cm³/mol. The highest BCUT2D eigenvalue weighted by molar-refractivity contribution is 6.18. The molecular weight excluding hydrogens is 569 g/mol. The van der Waals surface area contributed by atoms with Crippen LogP contribution in [-0.2, 0) is 6.42 Å². The molecule has 1 aromatic rings. The van der Waals surface area contributed by atoms with Gasteiger partial charge in [0.25, 0.3) is 0 Å². The molecule has 0 N–H and O–H groups in total. The van der Waals surface area contributed by atoms with Gasteiger partial charge in [-0.25, -0.2) is 0 Å². The molecule has 2 atom stereocenters. The number of unbranched alkanes of at least 4 members (excludes halogenated alkanes) is 27. The van der Waals surface area contributed by atoms with Crippen LogP contribution in [-0.4, -0.2) is 12.4 Å². The maximum atomic E-state index is 4.77. The first-order chi connectivity index (χ1) is 23.3. The summed E-state index contributed by atoms with van der Waals surface area (Å²) in [5, 5.41) is 0. The minimum Gasteiger partial charge on any atom is -0.0965 e. The lowest BCUT2D eigenvalue weighted by molar-refractivity contribution is 0.284. The van der Waals surface area contributed by atoms with Gasteiger partial charge in [-0.2, -0.15) is 0 Å². The fourth-order valence-corrected chi connectivity index (χ4v) is 7.72. The first-order valence-electron chi connectivity index (χ1n) is 21.3. The van der Waals surface area contributed by atoms with E-state index in [9.17, 15) is 0 Å². The molecule has 2 nitrogen and oxygen atoms in total. The Kier molecular flexibility index (Phi) is 28.0. The van der Waals surface area contributed by atoms with Gasteiger partial charge in [0.1, 0.15) is 0 Å². The van der Waals surface area contributed by atoms with Crippen LogP contribution in [0.1, 0.15) is 218 Å². The molecule has 0 spiro atoms. The first kappa shape index (κ1) is 41.6. The second-order valence-corrected chi connectivity index (χ2v) is 15.1. The molecule has 1 aromatic carbocycles. The van der Waals surface area contributed by atoms with Gasteiger partial charge in [0.05, 0.1) is 5.92 Å². The van der Waals surface area contributed by atoms with E-state index in [1.54, 1.807) is 0 Å². The average molecular weight is 648 g/mol. The van der Waals surface area contributed by atoms with Crippen LogP contribution in [0.15, 0.2) is 40.3 Å². The topological polar surface area (TPSA) is 24.7 Å². The van der Waals surface area contributed by atoms with E-state index in [1.807, 2.05) is 12.4 Å². The van der Waals surface area contributed by atoms with Crippen LogP contribution in [0.25, 0.3) is 0 Å². The molecule has 0 aliphatic carbocycles. The third-order valence-electron chi connectivity index (χ3n) is 10.8. The maximum absolute atomic E-state index is 4.77. The molecular formula is C45H79N2+. The molecule has 47 heavy (non-hydrogen) atoms. The van der Waals surface area contributed by atoms with Gasteiger partial charge >= 0.3 is 0 Å². The number of hydrogen-bond donors (Lipinski definition) is 0. The lowest BCUT2D eigenvalue weighted by Crippen LogP contribution is -2.22. The number of hydrogen-bond acceptors (Lipinski definition) is 2. The van der Waals surface area contributed by atoms with Crippen molar-refractivity contribution < 1.29 is 0 Å². The van der Waals surface area contributed by atoms with Gasteiger partial charge < -0.3 is 0 Å². The van der Waals surface area contributed by atoms with E-state index in [-0.39, 0.29) is 0 Å². The standard InChI is InChI=1S/C45H79N2/c1-3-5-7-9-11-13-15-17-18-19-21-22-24-26-28-33-37-43(41-42-35-31-30-32-36-42)44(45-46-39-40-47-45)38-34-29-27-25-23-20-16-14-12-10-8-6-4-2/h30-32,35-36,39-40,43-44H,3-29,33-34,37-38,41H2,1-2H3/q+1. The Bertz CT molecular complexity index is 818. The Balaban J connectivity index is 1.63. The second kappa shape index (κ2) is 31.7. The minimum atomic E-state index is 0.495. The fraction of sp³-hybridized carbons (Fsp3) is 0.800. The quantitative estimate of drug-likeness (QED) is 0.0517. The summed E-state index contributed by atoms with van der Waals surface area (Å²) in [7, 11) is 0. The van der Waals surface area contributed by atoms with Crippen LogP contribution in [0.2, 0.25) is 0 Å². The summed E-state index contributed by atoms with van der Waals surface area (Å²) in [5.41, 5.74) is 1.48. The normalized spacial score (nSPS) is 14.0. The molecule has 0 radical (unpaired) electrons. The van der Waals surface area contributed by atoms with Gasteiger partial charge in [-0.3, -0.25) is 0 Å². The van der Waals surface area contributed by atoms with Gasteiger partial charge in [-0.15, -0.1) is 0 Å². The van der Waals surface area contributed by atoms with Crippen molar-refractivity contribution in [2.45, 2.75) is 219 Å².